The van der Waals surface area contributed by atoms with E-state index >= 15 is 0 Å². The first-order valence-corrected chi connectivity index (χ1v) is 13.7. The van der Waals surface area contributed by atoms with Crippen LogP contribution in [0.25, 0.3) is 0 Å². The average Bonchev–Trinajstić information content (AvgIpc) is 3.17. The molecular weight excluding hydrogens is 484 g/mol. The number of methoxy groups -OCH3 is 1. The molecule has 2 aromatic rings. The molecule has 0 bridgehead atoms. The summed E-state index contributed by atoms with van der Waals surface area (Å²) in [6.45, 7) is 9.82. The van der Waals surface area contributed by atoms with Crippen molar-refractivity contribution in [2.75, 3.05) is 7.11 Å². The van der Waals surface area contributed by atoms with Crippen LogP contribution in [0.1, 0.15) is 103 Å². The molecule has 1 aliphatic carbocycles. The Morgan fingerprint density at radius 3 is 2.34 bits per heavy atom. The van der Waals surface area contributed by atoms with E-state index in [2.05, 4.69) is 0 Å². The highest BCUT2D eigenvalue weighted by Crippen LogP contribution is 2.47. The fraction of sp³-hybridized carbons (Fsp3) is 0.548. The largest absolute Gasteiger partial charge is 0.495 e. The maximum Gasteiger partial charge on any atom is 0.346 e. The normalized spacial score (nSPS) is 16.8. The van der Waals surface area contributed by atoms with Crippen molar-refractivity contribution < 1.29 is 33.6 Å². The first kappa shape index (κ1) is 28.0. The fourth-order valence-electron chi connectivity index (χ4n) is 5.49. The maximum atomic E-state index is 13.3. The van der Waals surface area contributed by atoms with Crippen LogP contribution in [0.4, 0.5) is 0 Å². The lowest BCUT2D eigenvalue weighted by Gasteiger charge is -2.27. The molecule has 0 aromatic heterocycles. The highest BCUT2D eigenvalue weighted by atomic mass is 16.6. The molecule has 7 nitrogen and oxygen atoms in total. The Balaban J connectivity index is 1.81. The number of aliphatic hydroxyl groups is 1. The number of benzene rings is 2. The molecule has 4 rings (SSSR count). The molecule has 1 N–H and O–H groups in total. The van der Waals surface area contributed by atoms with Gasteiger partial charge in [-0.3, -0.25) is 4.79 Å². The van der Waals surface area contributed by atoms with E-state index in [1.165, 1.54) is 7.11 Å². The van der Waals surface area contributed by atoms with E-state index in [0.29, 0.717) is 29.0 Å². The predicted molar refractivity (Wildman–Crippen MR) is 144 cm³/mol. The number of carbonyl (C=O) groups is 2. The van der Waals surface area contributed by atoms with E-state index in [4.69, 9.17) is 18.9 Å². The van der Waals surface area contributed by atoms with E-state index < -0.39 is 12.1 Å². The van der Waals surface area contributed by atoms with Crippen molar-refractivity contribution in [3.05, 3.63) is 45.5 Å². The molecule has 0 spiro atoms. The molecule has 2 aromatic carbocycles. The standard InChI is InChI=1S/C31H40O7/c1-17(2)15-24(32)22-13-14-25-26(28(22)35-6)31(34)36-16-23-19(4)18(3)20(5)27(29(23)37-25)38-30(33)21-11-9-7-8-10-12-21/h13-14,17,21,24,32H,7-12,15-16H2,1-6H3/t24-/m0/s1. The molecule has 0 amide bonds. The van der Waals surface area contributed by atoms with E-state index in [9.17, 15) is 14.7 Å². The molecule has 0 radical (unpaired) electrons. The van der Waals surface area contributed by atoms with Crippen LogP contribution in [0.15, 0.2) is 12.1 Å². The number of rotatable bonds is 6. The summed E-state index contributed by atoms with van der Waals surface area (Å²) in [5.74, 6) is 0.445. The van der Waals surface area contributed by atoms with Gasteiger partial charge in [-0.1, -0.05) is 39.5 Å². The van der Waals surface area contributed by atoms with E-state index in [1.54, 1.807) is 12.1 Å². The SMILES string of the molecule is COc1c([C@@H](O)CC(C)C)ccc2c1C(=O)OCc1c(C)c(C)c(C)c(OC(=O)C3CCCCCC3)c1O2. The number of esters is 2. The first-order chi connectivity index (χ1) is 18.1. The lowest BCUT2D eigenvalue weighted by atomic mass is 9.95. The number of ether oxygens (including phenoxy) is 4. The zero-order valence-electron chi connectivity index (χ0n) is 23.4. The Hall–Kier alpha value is -3.06. The molecule has 206 valence electrons. The number of hydrogen-bond donors (Lipinski definition) is 1. The summed E-state index contributed by atoms with van der Waals surface area (Å²) in [5.41, 5.74) is 3.95. The van der Waals surface area contributed by atoms with Gasteiger partial charge in [-0.15, -0.1) is 0 Å². The summed E-state index contributed by atoms with van der Waals surface area (Å²) in [4.78, 5) is 26.6. The third-order valence-electron chi connectivity index (χ3n) is 7.96. The van der Waals surface area contributed by atoms with Gasteiger partial charge in [0.25, 0.3) is 0 Å². The van der Waals surface area contributed by atoms with Crippen molar-refractivity contribution in [3.8, 4) is 23.0 Å². The second-order valence-corrected chi connectivity index (χ2v) is 11.0. The second-order valence-electron chi connectivity index (χ2n) is 11.0. The van der Waals surface area contributed by atoms with Crippen LogP contribution in [0.2, 0.25) is 0 Å². The molecular formula is C31H40O7. The van der Waals surface area contributed by atoms with E-state index in [-0.39, 0.29) is 41.5 Å². The molecule has 2 aliphatic rings. The van der Waals surface area contributed by atoms with Crippen molar-refractivity contribution in [2.45, 2.75) is 92.3 Å². The third-order valence-corrected chi connectivity index (χ3v) is 7.96. The minimum atomic E-state index is -0.816. The molecule has 7 heteroatoms. The zero-order valence-corrected chi connectivity index (χ0v) is 23.4. The van der Waals surface area contributed by atoms with Gasteiger partial charge in [-0.25, -0.2) is 4.79 Å². The van der Waals surface area contributed by atoms with Gasteiger partial charge in [0.2, 0.25) is 0 Å². The summed E-state index contributed by atoms with van der Waals surface area (Å²) >= 11 is 0. The van der Waals surface area contributed by atoms with Gasteiger partial charge in [-0.05, 0) is 74.8 Å². The van der Waals surface area contributed by atoms with Crippen LogP contribution in [-0.4, -0.2) is 24.2 Å². The van der Waals surface area contributed by atoms with Gasteiger partial charge in [0.05, 0.1) is 19.1 Å². The average molecular weight is 525 g/mol. The molecule has 38 heavy (non-hydrogen) atoms. The molecule has 1 fully saturated rings. The van der Waals surface area contributed by atoms with Crippen LogP contribution >= 0.6 is 0 Å². The number of aliphatic hydroxyl groups excluding tert-OH is 1. The molecule has 0 unspecified atom stereocenters. The Kier molecular flexibility index (Phi) is 8.66. The molecule has 1 atom stereocenters. The van der Waals surface area contributed by atoms with Crippen molar-refractivity contribution in [2.24, 2.45) is 11.8 Å². The monoisotopic (exact) mass is 524 g/mol. The summed E-state index contributed by atoms with van der Waals surface area (Å²) in [6.07, 6.45) is 5.67. The molecule has 1 aliphatic heterocycles. The van der Waals surface area contributed by atoms with Crippen LogP contribution in [-0.2, 0) is 16.1 Å². The predicted octanol–water partition coefficient (Wildman–Crippen LogP) is 7.04. The molecule has 1 saturated carbocycles. The van der Waals surface area contributed by atoms with Crippen LogP contribution < -0.4 is 14.2 Å². The Morgan fingerprint density at radius 2 is 1.71 bits per heavy atom. The molecule has 0 saturated heterocycles. The quantitative estimate of drug-likeness (QED) is 0.246. The van der Waals surface area contributed by atoms with Gasteiger partial charge in [-0.2, -0.15) is 0 Å². The van der Waals surface area contributed by atoms with Crippen molar-refractivity contribution in [3.63, 3.8) is 0 Å². The van der Waals surface area contributed by atoms with Crippen LogP contribution in [0.5, 0.6) is 23.0 Å². The number of hydrogen-bond acceptors (Lipinski definition) is 7. The van der Waals surface area contributed by atoms with Crippen molar-refractivity contribution >= 4 is 11.9 Å². The first-order valence-electron chi connectivity index (χ1n) is 13.7. The zero-order chi connectivity index (χ0) is 27.6. The fourth-order valence-corrected chi connectivity index (χ4v) is 5.49. The summed E-state index contributed by atoms with van der Waals surface area (Å²) in [5, 5.41) is 10.8. The number of carbonyl (C=O) groups excluding carboxylic acids is 2. The summed E-state index contributed by atoms with van der Waals surface area (Å²) in [7, 11) is 1.46. The second kappa shape index (κ2) is 11.8. The Morgan fingerprint density at radius 1 is 1.03 bits per heavy atom. The van der Waals surface area contributed by atoms with Crippen LogP contribution in [0.3, 0.4) is 0 Å². The molecule has 1 heterocycles. The van der Waals surface area contributed by atoms with E-state index in [0.717, 1.165) is 55.2 Å². The smallest absolute Gasteiger partial charge is 0.346 e. The van der Waals surface area contributed by atoms with Gasteiger partial charge >= 0.3 is 11.9 Å². The maximum absolute atomic E-state index is 13.3. The minimum Gasteiger partial charge on any atom is -0.495 e. The Bertz CT molecular complexity index is 1210. The summed E-state index contributed by atoms with van der Waals surface area (Å²) < 4.78 is 23.9. The highest BCUT2D eigenvalue weighted by molar-refractivity contribution is 5.97. The highest BCUT2D eigenvalue weighted by Gasteiger charge is 2.33. The Labute approximate surface area is 225 Å². The van der Waals surface area contributed by atoms with Gasteiger partial charge in [0.15, 0.2) is 11.5 Å². The van der Waals surface area contributed by atoms with Crippen molar-refractivity contribution in [1.82, 2.24) is 0 Å². The van der Waals surface area contributed by atoms with Gasteiger partial charge in [0.1, 0.15) is 23.7 Å². The van der Waals surface area contributed by atoms with Crippen LogP contribution in [0, 0.1) is 32.6 Å². The van der Waals surface area contributed by atoms with E-state index in [1.807, 2.05) is 34.6 Å². The number of cyclic esters (lactones) is 1. The third kappa shape index (κ3) is 5.53. The summed E-state index contributed by atoms with van der Waals surface area (Å²) in [6, 6.07) is 3.36. The van der Waals surface area contributed by atoms with Gasteiger partial charge < -0.3 is 24.1 Å². The van der Waals surface area contributed by atoms with Gasteiger partial charge in [0, 0.05) is 11.1 Å². The lowest BCUT2D eigenvalue weighted by molar-refractivity contribution is -0.139. The topological polar surface area (TPSA) is 91.3 Å². The van der Waals surface area contributed by atoms with Crippen molar-refractivity contribution in [1.29, 1.82) is 0 Å². The lowest BCUT2D eigenvalue weighted by Crippen LogP contribution is -2.22. The minimum absolute atomic E-state index is 0.0452. The number of fused-ring (bicyclic) bond motifs is 2.